The number of hydrogen-bond acceptors (Lipinski definition) is 3. The van der Waals surface area contributed by atoms with Gasteiger partial charge in [0, 0.05) is 19.0 Å². The maximum atomic E-state index is 13.4. The summed E-state index contributed by atoms with van der Waals surface area (Å²) in [6, 6.07) is 5.75. The average Bonchev–Trinajstić information content (AvgIpc) is 2.44. The lowest BCUT2D eigenvalue weighted by atomic mass is 9.89. The number of amides is 1. The molecule has 0 spiro atoms. The van der Waals surface area contributed by atoms with Crippen molar-refractivity contribution in [1.29, 1.82) is 5.26 Å². The van der Waals surface area contributed by atoms with Crippen molar-refractivity contribution in [2.24, 2.45) is 5.73 Å². The Labute approximate surface area is 118 Å². The van der Waals surface area contributed by atoms with Crippen LogP contribution in [0, 0.1) is 17.1 Å². The molecule has 5 heteroatoms. The average molecular weight is 275 g/mol. The van der Waals surface area contributed by atoms with Crippen molar-refractivity contribution in [3.63, 3.8) is 0 Å². The highest BCUT2D eigenvalue weighted by Gasteiger charge is 2.34. The maximum absolute atomic E-state index is 13.4. The summed E-state index contributed by atoms with van der Waals surface area (Å²) in [5, 5.41) is 8.93. The molecular weight excluding hydrogens is 257 g/mol. The Morgan fingerprint density at radius 3 is 2.95 bits per heavy atom. The monoisotopic (exact) mass is 275 g/mol. The van der Waals surface area contributed by atoms with Crippen molar-refractivity contribution >= 4 is 5.91 Å². The smallest absolute Gasteiger partial charge is 0.223 e. The number of rotatable bonds is 3. The molecule has 2 atom stereocenters. The Balaban J connectivity index is 2.40. The second kappa shape index (κ2) is 6.02. The summed E-state index contributed by atoms with van der Waals surface area (Å²) in [4.78, 5) is 13.8. The van der Waals surface area contributed by atoms with E-state index in [1.54, 1.807) is 11.0 Å². The molecule has 20 heavy (non-hydrogen) atoms. The van der Waals surface area contributed by atoms with Gasteiger partial charge in [0.15, 0.2) is 0 Å². The fraction of sp³-hybridized carbons (Fsp3) is 0.467. The molecule has 0 bridgehead atoms. The van der Waals surface area contributed by atoms with Crippen LogP contribution in [0.5, 0.6) is 0 Å². The Kier molecular flexibility index (Phi) is 4.35. The number of nitrogens with two attached hydrogens (primary N) is 1. The Morgan fingerprint density at radius 2 is 2.30 bits per heavy atom. The maximum Gasteiger partial charge on any atom is 0.223 e. The quantitative estimate of drug-likeness (QED) is 0.918. The van der Waals surface area contributed by atoms with Gasteiger partial charge in [-0.1, -0.05) is 13.0 Å². The molecule has 0 aliphatic carbocycles. The molecule has 2 rings (SSSR count). The molecule has 1 aromatic carbocycles. The van der Waals surface area contributed by atoms with E-state index in [1.165, 1.54) is 12.1 Å². The molecule has 2 unspecified atom stereocenters. The van der Waals surface area contributed by atoms with Gasteiger partial charge in [-0.15, -0.1) is 0 Å². The predicted molar refractivity (Wildman–Crippen MR) is 73.1 cm³/mol. The van der Waals surface area contributed by atoms with E-state index in [2.05, 4.69) is 0 Å². The number of likely N-dealkylation sites (tertiary alicyclic amines) is 1. The van der Waals surface area contributed by atoms with Crippen LogP contribution in [0.4, 0.5) is 4.39 Å². The van der Waals surface area contributed by atoms with Crippen molar-refractivity contribution in [3.8, 4) is 6.07 Å². The highest BCUT2D eigenvalue weighted by Crippen LogP contribution is 2.31. The first kappa shape index (κ1) is 14.5. The lowest BCUT2D eigenvalue weighted by molar-refractivity contribution is -0.137. The molecule has 0 aromatic heterocycles. The minimum atomic E-state index is -0.547. The van der Waals surface area contributed by atoms with Crippen molar-refractivity contribution in [2.45, 2.75) is 38.3 Å². The van der Waals surface area contributed by atoms with E-state index in [4.69, 9.17) is 11.0 Å². The standard InChI is InChI=1S/C15H18FN3O/c1-2-7-19-14(20)6-5-13(18)15(19)10-3-4-12(16)11(8-10)9-17/h3-4,8,13,15H,2,5-7,18H2,1H3. The largest absolute Gasteiger partial charge is 0.334 e. The Hall–Kier alpha value is -1.93. The molecule has 0 radical (unpaired) electrons. The van der Waals surface area contributed by atoms with Crippen LogP contribution in [0.15, 0.2) is 18.2 Å². The van der Waals surface area contributed by atoms with Crippen LogP contribution in [0.2, 0.25) is 0 Å². The fourth-order valence-electron chi connectivity index (χ4n) is 2.72. The molecule has 1 fully saturated rings. The van der Waals surface area contributed by atoms with Gasteiger partial charge in [-0.2, -0.15) is 5.26 Å². The summed E-state index contributed by atoms with van der Waals surface area (Å²) >= 11 is 0. The van der Waals surface area contributed by atoms with Crippen LogP contribution in [0.1, 0.15) is 43.4 Å². The number of halogens is 1. The van der Waals surface area contributed by atoms with E-state index >= 15 is 0 Å². The van der Waals surface area contributed by atoms with Gasteiger partial charge in [0.2, 0.25) is 5.91 Å². The first-order valence-corrected chi connectivity index (χ1v) is 6.83. The third-order valence-electron chi connectivity index (χ3n) is 3.67. The van der Waals surface area contributed by atoms with Gasteiger partial charge in [0.25, 0.3) is 0 Å². The topological polar surface area (TPSA) is 70.1 Å². The minimum Gasteiger partial charge on any atom is -0.334 e. The van der Waals surface area contributed by atoms with E-state index < -0.39 is 5.82 Å². The molecule has 0 saturated carbocycles. The molecule has 1 heterocycles. The van der Waals surface area contributed by atoms with Crippen molar-refractivity contribution in [1.82, 2.24) is 4.90 Å². The van der Waals surface area contributed by atoms with Crippen LogP contribution in [-0.2, 0) is 4.79 Å². The minimum absolute atomic E-state index is 0.0100. The highest BCUT2D eigenvalue weighted by molar-refractivity contribution is 5.78. The number of carbonyl (C=O) groups excluding carboxylic acids is 1. The summed E-state index contributed by atoms with van der Waals surface area (Å²) in [5.41, 5.74) is 6.88. The normalized spacial score (nSPS) is 22.7. The first-order valence-electron chi connectivity index (χ1n) is 6.83. The Bertz CT molecular complexity index is 553. The number of benzene rings is 1. The van der Waals surface area contributed by atoms with E-state index in [0.29, 0.717) is 19.4 Å². The zero-order chi connectivity index (χ0) is 14.7. The molecule has 106 valence electrons. The first-order chi connectivity index (χ1) is 9.58. The Morgan fingerprint density at radius 1 is 1.55 bits per heavy atom. The van der Waals surface area contributed by atoms with E-state index in [9.17, 15) is 9.18 Å². The van der Waals surface area contributed by atoms with Gasteiger partial charge >= 0.3 is 0 Å². The zero-order valence-corrected chi connectivity index (χ0v) is 11.5. The summed E-state index contributed by atoms with van der Waals surface area (Å²) in [6.07, 6.45) is 1.90. The molecule has 1 aromatic rings. The van der Waals surface area contributed by atoms with Gasteiger partial charge in [-0.05, 0) is 30.5 Å². The van der Waals surface area contributed by atoms with Crippen LogP contribution in [-0.4, -0.2) is 23.4 Å². The van der Waals surface area contributed by atoms with Crippen LogP contribution >= 0.6 is 0 Å². The highest BCUT2D eigenvalue weighted by atomic mass is 19.1. The van der Waals surface area contributed by atoms with E-state index in [-0.39, 0.29) is 23.6 Å². The van der Waals surface area contributed by atoms with E-state index in [1.807, 2.05) is 13.0 Å². The third-order valence-corrected chi connectivity index (χ3v) is 3.67. The molecule has 1 aliphatic rings. The van der Waals surface area contributed by atoms with Gasteiger partial charge in [-0.3, -0.25) is 4.79 Å². The summed E-state index contributed by atoms with van der Waals surface area (Å²) in [5.74, 6) is -0.476. The number of hydrogen-bond donors (Lipinski definition) is 1. The number of carbonyl (C=O) groups is 1. The van der Waals surface area contributed by atoms with Crippen molar-refractivity contribution in [2.75, 3.05) is 6.54 Å². The number of nitriles is 1. The SMILES string of the molecule is CCCN1C(=O)CCC(N)C1c1ccc(F)c(C#N)c1. The second-order valence-electron chi connectivity index (χ2n) is 5.09. The second-order valence-corrected chi connectivity index (χ2v) is 5.09. The molecule has 4 nitrogen and oxygen atoms in total. The van der Waals surface area contributed by atoms with Crippen LogP contribution in [0.25, 0.3) is 0 Å². The van der Waals surface area contributed by atoms with Gasteiger partial charge in [0.1, 0.15) is 11.9 Å². The molecule has 2 N–H and O–H groups in total. The van der Waals surface area contributed by atoms with Gasteiger partial charge in [-0.25, -0.2) is 4.39 Å². The summed E-state index contributed by atoms with van der Waals surface area (Å²) in [7, 11) is 0. The van der Waals surface area contributed by atoms with Gasteiger partial charge in [0.05, 0.1) is 11.6 Å². The number of piperidine rings is 1. The molecule has 1 aliphatic heterocycles. The third kappa shape index (κ3) is 2.66. The fourth-order valence-corrected chi connectivity index (χ4v) is 2.72. The van der Waals surface area contributed by atoms with Gasteiger partial charge < -0.3 is 10.6 Å². The lowest BCUT2D eigenvalue weighted by Gasteiger charge is -2.40. The molecule has 1 amide bonds. The van der Waals surface area contributed by atoms with Crippen LogP contribution in [0.3, 0.4) is 0 Å². The van der Waals surface area contributed by atoms with Crippen molar-refractivity contribution < 1.29 is 9.18 Å². The summed E-state index contributed by atoms with van der Waals surface area (Å²) < 4.78 is 13.4. The van der Waals surface area contributed by atoms with E-state index in [0.717, 1.165) is 12.0 Å². The number of nitrogens with zero attached hydrogens (tertiary/aromatic N) is 2. The molecular formula is C15H18FN3O. The van der Waals surface area contributed by atoms with Crippen LogP contribution < -0.4 is 5.73 Å². The molecule has 1 saturated heterocycles. The van der Waals surface area contributed by atoms with Crippen molar-refractivity contribution in [3.05, 3.63) is 35.1 Å². The zero-order valence-electron chi connectivity index (χ0n) is 11.5. The predicted octanol–water partition coefficient (Wildman–Crippen LogP) is 2.10. The lowest BCUT2D eigenvalue weighted by Crippen LogP contribution is -2.49. The summed E-state index contributed by atoms with van der Waals surface area (Å²) in [6.45, 7) is 2.62.